The van der Waals surface area contributed by atoms with Crippen LogP contribution in [0.15, 0.2) is 89.8 Å². The Balaban J connectivity index is 1.83. The van der Waals surface area contributed by atoms with E-state index in [0.29, 0.717) is 17.7 Å². The highest BCUT2D eigenvalue weighted by atomic mass is 32.2. The standard InChI is InChI=1S/C25H26N2O3S/c1-3-19(2)27-31(29,30)23-16-14-22(15-17-23)26-25(28)24(21-12-8-5-9-13-21)18-20-10-6-4-7-11-20/h4-19,27H,3H2,1-2H3,(H,26,28)/b24-18+. The van der Waals surface area contributed by atoms with Crippen molar-refractivity contribution in [3.63, 3.8) is 0 Å². The topological polar surface area (TPSA) is 75.3 Å². The number of benzene rings is 3. The smallest absolute Gasteiger partial charge is 0.256 e. The molecule has 0 aromatic heterocycles. The molecule has 0 fully saturated rings. The number of nitrogens with one attached hydrogen (secondary N) is 2. The predicted molar refractivity (Wildman–Crippen MR) is 126 cm³/mol. The molecule has 0 aliphatic rings. The number of sulfonamides is 1. The molecule has 3 aromatic carbocycles. The van der Waals surface area contributed by atoms with Gasteiger partial charge in [0.25, 0.3) is 5.91 Å². The highest BCUT2D eigenvalue weighted by Crippen LogP contribution is 2.21. The van der Waals surface area contributed by atoms with Crippen molar-refractivity contribution in [1.82, 2.24) is 4.72 Å². The van der Waals surface area contributed by atoms with E-state index >= 15 is 0 Å². The van der Waals surface area contributed by atoms with Crippen molar-refractivity contribution in [2.75, 3.05) is 5.32 Å². The van der Waals surface area contributed by atoms with Gasteiger partial charge in [0.1, 0.15) is 0 Å². The first-order valence-corrected chi connectivity index (χ1v) is 11.6. The summed E-state index contributed by atoms with van der Waals surface area (Å²) >= 11 is 0. The zero-order valence-electron chi connectivity index (χ0n) is 17.6. The van der Waals surface area contributed by atoms with E-state index in [0.717, 1.165) is 11.1 Å². The summed E-state index contributed by atoms with van der Waals surface area (Å²) in [7, 11) is -3.59. The molecule has 0 saturated heterocycles. The number of anilines is 1. The van der Waals surface area contributed by atoms with Gasteiger partial charge in [-0.3, -0.25) is 4.79 Å². The van der Waals surface area contributed by atoms with Gasteiger partial charge in [-0.2, -0.15) is 0 Å². The Morgan fingerprint density at radius 1 is 0.903 bits per heavy atom. The maximum atomic E-state index is 13.1. The predicted octanol–water partition coefficient (Wildman–Crippen LogP) is 4.94. The Kier molecular flexibility index (Phi) is 7.39. The van der Waals surface area contributed by atoms with Crippen LogP contribution in [0, 0.1) is 0 Å². The maximum absolute atomic E-state index is 13.1. The summed E-state index contributed by atoms with van der Waals surface area (Å²) in [6.45, 7) is 3.73. The van der Waals surface area contributed by atoms with Gasteiger partial charge in [0, 0.05) is 17.3 Å². The van der Waals surface area contributed by atoms with Crippen LogP contribution >= 0.6 is 0 Å². The number of carbonyl (C=O) groups is 1. The molecule has 0 aliphatic heterocycles. The van der Waals surface area contributed by atoms with Crippen LogP contribution in [0.5, 0.6) is 0 Å². The van der Waals surface area contributed by atoms with E-state index in [-0.39, 0.29) is 16.8 Å². The van der Waals surface area contributed by atoms with Crippen molar-refractivity contribution in [2.45, 2.75) is 31.2 Å². The zero-order chi connectivity index (χ0) is 22.3. The Morgan fingerprint density at radius 3 is 2.06 bits per heavy atom. The monoisotopic (exact) mass is 434 g/mol. The fourth-order valence-corrected chi connectivity index (χ4v) is 4.27. The molecule has 160 valence electrons. The van der Waals surface area contributed by atoms with E-state index in [2.05, 4.69) is 10.0 Å². The average Bonchev–Trinajstić information content (AvgIpc) is 2.78. The molecule has 0 aliphatic carbocycles. The van der Waals surface area contributed by atoms with E-state index in [4.69, 9.17) is 0 Å². The second-order valence-electron chi connectivity index (χ2n) is 7.24. The molecule has 1 unspecified atom stereocenters. The SMILES string of the molecule is CCC(C)NS(=O)(=O)c1ccc(NC(=O)/C(=C/c2ccccc2)c2ccccc2)cc1. The summed E-state index contributed by atoms with van der Waals surface area (Å²) < 4.78 is 27.5. The van der Waals surface area contributed by atoms with Gasteiger partial charge >= 0.3 is 0 Å². The van der Waals surface area contributed by atoms with Gasteiger partial charge in [-0.25, -0.2) is 13.1 Å². The number of hydrogen-bond donors (Lipinski definition) is 2. The van der Waals surface area contributed by atoms with E-state index in [1.54, 1.807) is 12.1 Å². The first kappa shape index (κ1) is 22.5. The Morgan fingerprint density at radius 2 is 1.48 bits per heavy atom. The fraction of sp³-hybridized carbons (Fsp3) is 0.160. The van der Waals surface area contributed by atoms with E-state index in [1.807, 2.05) is 80.6 Å². The maximum Gasteiger partial charge on any atom is 0.256 e. The van der Waals surface area contributed by atoms with Gasteiger partial charge in [0.2, 0.25) is 10.0 Å². The number of amides is 1. The first-order valence-electron chi connectivity index (χ1n) is 10.1. The number of carbonyl (C=O) groups excluding carboxylic acids is 1. The Labute approximate surface area is 183 Å². The molecule has 0 radical (unpaired) electrons. The average molecular weight is 435 g/mol. The minimum atomic E-state index is -3.59. The zero-order valence-corrected chi connectivity index (χ0v) is 18.4. The van der Waals surface area contributed by atoms with E-state index in [1.165, 1.54) is 12.1 Å². The molecule has 1 amide bonds. The van der Waals surface area contributed by atoms with Crippen LogP contribution in [-0.2, 0) is 14.8 Å². The summed E-state index contributed by atoms with van der Waals surface area (Å²) in [6.07, 6.45) is 2.53. The first-order chi connectivity index (χ1) is 14.9. The molecule has 5 nitrogen and oxygen atoms in total. The second-order valence-corrected chi connectivity index (χ2v) is 8.96. The summed E-state index contributed by atoms with van der Waals surface area (Å²) in [6, 6.07) is 25.0. The van der Waals surface area contributed by atoms with Crippen LogP contribution in [0.1, 0.15) is 31.4 Å². The molecular weight excluding hydrogens is 408 g/mol. The summed E-state index contributed by atoms with van der Waals surface area (Å²) in [4.78, 5) is 13.2. The van der Waals surface area contributed by atoms with Crippen molar-refractivity contribution in [2.24, 2.45) is 0 Å². The summed E-state index contributed by atoms with van der Waals surface area (Å²) in [5.74, 6) is -0.275. The molecule has 0 bridgehead atoms. The summed E-state index contributed by atoms with van der Waals surface area (Å²) in [5.41, 5.74) is 2.74. The lowest BCUT2D eigenvalue weighted by molar-refractivity contribution is -0.111. The molecule has 1 atom stereocenters. The largest absolute Gasteiger partial charge is 0.322 e. The van der Waals surface area contributed by atoms with Gasteiger partial charge in [0.05, 0.1) is 4.90 Å². The molecule has 2 N–H and O–H groups in total. The third kappa shape index (κ3) is 6.13. The molecule has 0 heterocycles. The van der Waals surface area contributed by atoms with Gasteiger partial charge in [-0.1, -0.05) is 67.6 Å². The van der Waals surface area contributed by atoms with Crippen molar-refractivity contribution in [3.8, 4) is 0 Å². The minimum absolute atomic E-state index is 0.152. The van der Waals surface area contributed by atoms with Crippen LogP contribution < -0.4 is 10.0 Å². The summed E-state index contributed by atoms with van der Waals surface area (Å²) in [5, 5.41) is 2.87. The lowest BCUT2D eigenvalue weighted by Gasteiger charge is -2.13. The van der Waals surface area contributed by atoms with Crippen LogP contribution in [0.3, 0.4) is 0 Å². The number of hydrogen-bond acceptors (Lipinski definition) is 3. The third-order valence-electron chi connectivity index (χ3n) is 4.83. The van der Waals surface area contributed by atoms with Crippen molar-refractivity contribution in [1.29, 1.82) is 0 Å². The van der Waals surface area contributed by atoms with Crippen LogP contribution in [-0.4, -0.2) is 20.4 Å². The second kappa shape index (κ2) is 10.2. The quantitative estimate of drug-likeness (QED) is 0.389. The fourth-order valence-electron chi connectivity index (χ4n) is 2.95. The molecule has 31 heavy (non-hydrogen) atoms. The van der Waals surface area contributed by atoms with Crippen LogP contribution in [0.4, 0.5) is 5.69 Å². The lowest BCUT2D eigenvalue weighted by atomic mass is 10.0. The van der Waals surface area contributed by atoms with Gasteiger partial charge in [0.15, 0.2) is 0 Å². The molecular formula is C25H26N2O3S. The lowest BCUT2D eigenvalue weighted by Crippen LogP contribution is -2.31. The van der Waals surface area contributed by atoms with Crippen molar-refractivity contribution in [3.05, 3.63) is 96.1 Å². The van der Waals surface area contributed by atoms with Crippen molar-refractivity contribution >= 4 is 33.3 Å². The van der Waals surface area contributed by atoms with Gasteiger partial charge < -0.3 is 5.32 Å². The molecule has 6 heteroatoms. The van der Waals surface area contributed by atoms with Crippen LogP contribution in [0.25, 0.3) is 11.6 Å². The molecule has 0 spiro atoms. The highest BCUT2D eigenvalue weighted by Gasteiger charge is 2.17. The Bertz CT molecular complexity index is 1140. The molecule has 0 saturated carbocycles. The van der Waals surface area contributed by atoms with Gasteiger partial charge in [-0.05, 0) is 54.8 Å². The minimum Gasteiger partial charge on any atom is -0.322 e. The highest BCUT2D eigenvalue weighted by molar-refractivity contribution is 7.89. The normalized spacial score (nSPS) is 12.9. The number of rotatable bonds is 8. The third-order valence-corrected chi connectivity index (χ3v) is 6.44. The Hall–Kier alpha value is -3.22. The van der Waals surface area contributed by atoms with Crippen molar-refractivity contribution < 1.29 is 13.2 Å². The molecule has 3 aromatic rings. The molecule has 3 rings (SSSR count). The van der Waals surface area contributed by atoms with E-state index in [9.17, 15) is 13.2 Å². The van der Waals surface area contributed by atoms with Gasteiger partial charge in [-0.15, -0.1) is 0 Å². The van der Waals surface area contributed by atoms with E-state index < -0.39 is 10.0 Å². The van der Waals surface area contributed by atoms with Crippen LogP contribution in [0.2, 0.25) is 0 Å².